The molecule has 0 N–H and O–H groups in total. The van der Waals surface area contributed by atoms with Gasteiger partial charge in [-0.15, -0.1) is 0 Å². The molecule has 79 valence electrons. The Morgan fingerprint density at radius 1 is 0.750 bits per heavy atom. The van der Waals surface area contributed by atoms with Crippen LogP contribution in [0.5, 0.6) is 0 Å². The average molecular weight is 334 g/mol. The van der Waals surface area contributed by atoms with Gasteiger partial charge in [-0.25, -0.2) is 0 Å². The van der Waals surface area contributed by atoms with Crippen molar-refractivity contribution in [3.05, 3.63) is 70.3 Å². The summed E-state index contributed by atoms with van der Waals surface area (Å²) in [5, 5.41) is 0. The number of rotatable bonds is 3. The van der Waals surface area contributed by atoms with Crippen molar-refractivity contribution in [1.29, 1.82) is 0 Å². The first-order valence-electron chi connectivity index (χ1n) is 5.16. The van der Waals surface area contributed by atoms with Crippen molar-refractivity contribution in [3.8, 4) is 0 Å². The molecule has 2 heteroatoms. The zero-order chi connectivity index (χ0) is 11.2. The molecule has 0 aromatic heterocycles. The minimum absolute atomic E-state index is 1.45. The van der Waals surface area contributed by atoms with Gasteiger partial charge in [-0.3, -0.25) is 0 Å². The van der Waals surface area contributed by atoms with Crippen molar-refractivity contribution < 1.29 is 0 Å². The third-order valence-corrected chi connectivity index (χ3v) is 10.0. The van der Waals surface area contributed by atoms with Gasteiger partial charge in [-0.1, -0.05) is 0 Å². The summed E-state index contributed by atoms with van der Waals surface area (Å²) in [4.78, 5) is 0. The van der Waals surface area contributed by atoms with E-state index in [1.165, 1.54) is 7.16 Å². The van der Waals surface area contributed by atoms with Crippen LogP contribution in [-0.2, 0) is 0 Å². The molecule has 0 spiro atoms. The molecule has 0 aliphatic rings. The molecule has 0 aliphatic carbocycles. The van der Waals surface area contributed by atoms with Crippen LogP contribution in [0.3, 0.4) is 0 Å². The molecule has 0 saturated heterocycles. The molecule has 2 aromatic rings. The summed E-state index contributed by atoms with van der Waals surface area (Å²) in [6.45, 7) is 0. The molecule has 0 heterocycles. The van der Waals surface area contributed by atoms with Crippen LogP contribution in [0, 0.1) is 0 Å². The van der Waals surface area contributed by atoms with Crippen LogP contribution < -0.4 is 7.16 Å². The van der Waals surface area contributed by atoms with E-state index in [9.17, 15) is 0 Å². The van der Waals surface area contributed by atoms with Crippen molar-refractivity contribution >= 4 is 38.5 Å². The Balaban J connectivity index is 2.39. The maximum absolute atomic E-state index is 5.76. The van der Waals surface area contributed by atoms with Gasteiger partial charge in [0.1, 0.15) is 0 Å². The van der Waals surface area contributed by atoms with Crippen LogP contribution in [0.15, 0.2) is 70.3 Å². The monoisotopic (exact) mass is 335 g/mol. The van der Waals surface area contributed by atoms with E-state index in [-0.39, 0.29) is 0 Å². The van der Waals surface area contributed by atoms with Crippen molar-refractivity contribution in [3.63, 3.8) is 0 Å². The molecule has 0 saturated carbocycles. The first-order chi connectivity index (χ1) is 7.92. The van der Waals surface area contributed by atoms with Crippen LogP contribution in [0.25, 0.3) is 0 Å². The Morgan fingerprint density at radius 3 is 1.56 bits per heavy atom. The number of benzene rings is 2. The molecule has 0 atom stereocenters. The second-order valence-corrected chi connectivity index (χ2v) is 10.3. The van der Waals surface area contributed by atoms with Crippen LogP contribution in [0.2, 0.25) is 0 Å². The predicted molar refractivity (Wildman–Crippen MR) is 72.9 cm³/mol. The Hall–Kier alpha value is -0.731. The molecule has 0 bridgehead atoms. The molecule has 0 fully saturated rings. The Morgan fingerprint density at radius 2 is 1.19 bits per heavy atom. The van der Waals surface area contributed by atoms with Crippen molar-refractivity contribution in [2.75, 3.05) is 0 Å². The standard InChI is InChI=1S/2C6H5.C2H2Cl.Sn/c2*1-2-4-6-5-3-1;1-2-3;/h2*1-5H;1-2H;. The molecule has 0 aliphatic heterocycles. The molecule has 1 radical (unpaired) electrons. The van der Waals surface area contributed by atoms with E-state index in [1.54, 1.807) is 5.54 Å². The third-order valence-electron chi connectivity index (χ3n) is 2.40. The fourth-order valence-corrected chi connectivity index (χ4v) is 8.06. The number of hydrogen-bond donors (Lipinski definition) is 0. The molecule has 2 aromatic carbocycles. The van der Waals surface area contributed by atoms with Gasteiger partial charge in [0, 0.05) is 0 Å². The van der Waals surface area contributed by atoms with Crippen molar-refractivity contribution in [2.24, 2.45) is 0 Å². The summed E-state index contributed by atoms with van der Waals surface area (Å²) in [5.41, 5.74) is 1.68. The van der Waals surface area contributed by atoms with E-state index in [0.717, 1.165) is 0 Å². The summed E-state index contributed by atoms with van der Waals surface area (Å²) in [6, 6.07) is 21.3. The quantitative estimate of drug-likeness (QED) is 0.757. The van der Waals surface area contributed by atoms with Crippen LogP contribution in [0.1, 0.15) is 0 Å². The van der Waals surface area contributed by atoms with E-state index in [0.29, 0.717) is 0 Å². The average Bonchev–Trinajstić information content (AvgIpc) is 2.38. The molecule has 0 unspecified atom stereocenters. The third kappa shape index (κ3) is 2.89. The first-order valence-corrected chi connectivity index (χ1v) is 10.1. The second kappa shape index (κ2) is 6.11. The van der Waals surface area contributed by atoms with Gasteiger partial charge < -0.3 is 0 Å². The van der Waals surface area contributed by atoms with Crippen LogP contribution in [-0.4, -0.2) is 19.8 Å². The molecular formula is C14H12ClSn. The summed E-state index contributed by atoms with van der Waals surface area (Å²) in [6.07, 6.45) is 0. The van der Waals surface area contributed by atoms with Crippen LogP contribution in [0.4, 0.5) is 0 Å². The summed E-state index contributed by atoms with van der Waals surface area (Å²) in [5.74, 6) is 0. The predicted octanol–water partition coefficient (Wildman–Crippen LogP) is 2.59. The van der Waals surface area contributed by atoms with Gasteiger partial charge in [0.25, 0.3) is 0 Å². The van der Waals surface area contributed by atoms with Crippen molar-refractivity contribution in [1.82, 2.24) is 0 Å². The van der Waals surface area contributed by atoms with E-state index in [4.69, 9.17) is 11.6 Å². The SMILES string of the molecule is ClC=[CH][Sn]([c]1ccccc1)[c]1ccccc1. The first kappa shape index (κ1) is 11.7. The van der Waals surface area contributed by atoms with Crippen molar-refractivity contribution in [2.45, 2.75) is 0 Å². The minimum atomic E-state index is -1.89. The zero-order valence-corrected chi connectivity index (χ0v) is 12.4. The summed E-state index contributed by atoms with van der Waals surface area (Å²) in [7, 11) is 0. The fraction of sp³-hybridized carbons (Fsp3) is 0. The summed E-state index contributed by atoms with van der Waals surface area (Å²) < 4.78 is 5.11. The van der Waals surface area contributed by atoms with Gasteiger partial charge in [0.2, 0.25) is 0 Å². The molecule has 0 nitrogen and oxygen atoms in total. The molecule has 0 amide bonds. The van der Waals surface area contributed by atoms with E-state index in [1.807, 2.05) is 0 Å². The van der Waals surface area contributed by atoms with Gasteiger partial charge >= 0.3 is 109 Å². The van der Waals surface area contributed by atoms with Gasteiger partial charge in [-0.05, 0) is 0 Å². The normalized spacial score (nSPS) is 11.1. The Kier molecular flexibility index (Phi) is 4.49. The topological polar surface area (TPSA) is 0 Å². The van der Waals surface area contributed by atoms with Crippen LogP contribution >= 0.6 is 11.6 Å². The Bertz CT molecular complexity index is 411. The van der Waals surface area contributed by atoms with Gasteiger partial charge in [0.15, 0.2) is 0 Å². The second-order valence-electron chi connectivity index (χ2n) is 3.44. The number of halogens is 1. The van der Waals surface area contributed by atoms with E-state index < -0.39 is 19.8 Å². The molecule has 2 rings (SSSR count). The molecule has 16 heavy (non-hydrogen) atoms. The van der Waals surface area contributed by atoms with Gasteiger partial charge in [-0.2, -0.15) is 0 Å². The molecular weight excluding hydrogens is 322 g/mol. The summed E-state index contributed by atoms with van der Waals surface area (Å²) >= 11 is 3.88. The fourth-order valence-electron chi connectivity index (χ4n) is 1.66. The number of hydrogen-bond acceptors (Lipinski definition) is 0. The van der Waals surface area contributed by atoms with E-state index >= 15 is 0 Å². The maximum atomic E-state index is 5.76. The van der Waals surface area contributed by atoms with E-state index in [2.05, 4.69) is 64.8 Å². The Labute approximate surface area is 108 Å². The van der Waals surface area contributed by atoms with Gasteiger partial charge in [0.05, 0.1) is 0 Å². The zero-order valence-electron chi connectivity index (χ0n) is 8.81.